The number of amides is 2. The van der Waals surface area contributed by atoms with E-state index in [0.717, 1.165) is 5.56 Å². The van der Waals surface area contributed by atoms with E-state index in [9.17, 15) is 14.4 Å². The lowest BCUT2D eigenvalue weighted by Crippen LogP contribution is -2.23. The second kappa shape index (κ2) is 6.68. The van der Waals surface area contributed by atoms with Gasteiger partial charge in [0, 0.05) is 26.2 Å². The van der Waals surface area contributed by atoms with Crippen molar-refractivity contribution in [3.63, 3.8) is 0 Å². The van der Waals surface area contributed by atoms with Gasteiger partial charge in [0.2, 0.25) is 11.8 Å². The molecule has 0 aliphatic rings. The lowest BCUT2D eigenvalue weighted by Gasteiger charge is -2.15. The Morgan fingerprint density at radius 1 is 1.21 bits per heavy atom. The van der Waals surface area contributed by atoms with E-state index in [1.807, 2.05) is 6.07 Å². The van der Waals surface area contributed by atoms with Crippen molar-refractivity contribution < 1.29 is 14.4 Å². The zero-order valence-electron chi connectivity index (χ0n) is 11.4. The van der Waals surface area contributed by atoms with Gasteiger partial charge in [0.1, 0.15) is 5.78 Å². The fraction of sp³-hybridized carbons (Fsp3) is 0.357. The Hall–Kier alpha value is -2.17. The third kappa shape index (κ3) is 5.33. The largest absolute Gasteiger partial charge is 0.342 e. The van der Waals surface area contributed by atoms with Crippen molar-refractivity contribution in [1.29, 1.82) is 0 Å². The van der Waals surface area contributed by atoms with Gasteiger partial charge in [-0.25, -0.2) is 0 Å². The minimum atomic E-state index is -0.329. The third-order valence-electron chi connectivity index (χ3n) is 2.58. The van der Waals surface area contributed by atoms with E-state index in [-0.39, 0.29) is 24.0 Å². The molecule has 0 bridgehead atoms. The first-order valence-electron chi connectivity index (χ1n) is 5.98. The normalized spacial score (nSPS) is 9.84. The summed E-state index contributed by atoms with van der Waals surface area (Å²) >= 11 is 0. The summed E-state index contributed by atoms with van der Waals surface area (Å²) in [7, 11) is 1.71. The average molecular weight is 262 g/mol. The number of ketones is 1. The van der Waals surface area contributed by atoms with Crippen LogP contribution in [0.1, 0.15) is 25.8 Å². The van der Waals surface area contributed by atoms with Gasteiger partial charge in [0.05, 0.1) is 6.42 Å². The number of anilines is 1. The Balaban J connectivity index is 2.69. The fourth-order valence-electron chi connectivity index (χ4n) is 1.56. The molecular weight excluding hydrogens is 244 g/mol. The molecule has 0 fully saturated rings. The molecule has 1 aromatic carbocycles. The lowest BCUT2D eigenvalue weighted by atomic mass is 10.2. The van der Waals surface area contributed by atoms with Crippen molar-refractivity contribution >= 4 is 23.3 Å². The first-order chi connectivity index (χ1) is 8.88. The van der Waals surface area contributed by atoms with E-state index in [4.69, 9.17) is 0 Å². The summed E-state index contributed by atoms with van der Waals surface area (Å²) in [6, 6.07) is 7.21. The molecule has 1 aromatic rings. The predicted molar refractivity (Wildman–Crippen MR) is 72.5 cm³/mol. The second-order valence-electron chi connectivity index (χ2n) is 4.50. The predicted octanol–water partition coefficient (Wildman–Crippen LogP) is 1.58. The van der Waals surface area contributed by atoms with E-state index >= 15 is 0 Å². The van der Waals surface area contributed by atoms with Crippen LogP contribution in [0.3, 0.4) is 0 Å². The van der Waals surface area contributed by atoms with Gasteiger partial charge in [0.25, 0.3) is 0 Å². The molecule has 0 aliphatic carbocycles. The van der Waals surface area contributed by atoms with Crippen LogP contribution in [-0.4, -0.2) is 29.5 Å². The molecule has 0 saturated carbocycles. The SMILES string of the molecule is CC(=O)CC(=O)Nc1cccc(CN(C)C(C)=O)c1. The fourth-order valence-corrected chi connectivity index (χ4v) is 1.56. The van der Waals surface area contributed by atoms with Crippen LogP contribution in [-0.2, 0) is 20.9 Å². The molecule has 0 unspecified atom stereocenters. The van der Waals surface area contributed by atoms with E-state index < -0.39 is 0 Å². The van der Waals surface area contributed by atoms with Gasteiger partial charge in [-0.2, -0.15) is 0 Å². The third-order valence-corrected chi connectivity index (χ3v) is 2.58. The van der Waals surface area contributed by atoms with Crippen molar-refractivity contribution in [3.8, 4) is 0 Å². The van der Waals surface area contributed by atoms with Gasteiger partial charge in [0.15, 0.2) is 0 Å². The van der Waals surface area contributed by atoms with Crippen molar-refractivity contribution in [3.05, 3.63) is 29.8 Å². The quantitative estimate of drug-likeness (QED) is 0.819. The highest BCUT2D eigenvalue weighted by molar-refractivity contribution is 6.03. The van der Waals surface area contributed by atoms with Crippen LogP contribution < -0.4 is 5.32 Å². The van der Waals surface area contributed by atoms with Gasteiger partial charge in [-0.15, -0.1) is 0 Å². The second-order valence-corrected chi connectivity index (χ2v) is 4.50. The first-order valence-corrected chi connectivity index (χ1v) is 5.98. The van der Waals surface area contributed by atoms with E-state index in [1.165, 1.54) is 13.8 Å². The first kappa shape index (κ1) is 14.9. The number of carbonyl (C=O) groups excluding carboxylic acids is 3. The number of nitrogens with zero attached hydrogens (tertiary/aromatic N) is 1. The summed E-state index contributed by atoms with van der Waals surface area (Å²) in [5, 5.41) is 2.65. The molecule has 102 valence electrons. The number of nitrogens with one attached hydrogen (secondary N) is 1. The smallest absolute Gasteiger partial charge is 0.231 e. The highest BCUT2D eigenvalue weighted by atomic mass is 16.2. The van der Waals surface area contributed by atoms with Gasteiger partial charge in [-0.1, -0.05) is 12.1 Å². The Bertz CT molecular complexity index is 497. The standard InChI is InChI=1S/C14H18N2O3/c1-10(17)7-14(19)15-13-6-4-5-12(8-13)9-16(3)11(2)18/h4-6,8H,7,9H2,1-3H3,(H,15,19). The van der Waals surface area contributed by atoms with Crippen LogP contribution in [0.5, 0.6) is 0 Å². The average Bonchev–Trinajstić information content (AvgIpc) is 2.27. The Kier molecular flexibility index (Phi) is 5.23. The Morgan fingerprint density at radius 2 is 1.89 bits per heavy atom. The number of rotatable bonds is 5. The van der Waals surface area contributed by atoms with Crippen LogP contribution in [0.25, 0.3) is 0 Å². The number of hydrogen-bond donors (Lipinski definition) is 1. The summed E-state index contributed by atoms with van der Waals surface area (Å²) in [6.07, 6.45) is -0.127. The lowest BCUT2D eigenvalue weighted by molar-refractivity contribution is -0.128. The molecule has 1 N–H and O–H groups in total. The van der Waals surface area contributed by atoms with Crippen LogP contribution in [0.15, 0.2) is 24.3 Å². The minimum absolute atomic E-state index is 0.0222. The maximum Gasteiger partial charge on any atom is 0.231 e. The molecule has 0 atom stereocenters. The van der Waals surface area contributed by atoms with Gasteiger partial charge >= 0.3 is 0 Å². The van der Waals surface area contributed by atoms with Crippen molar-refractivity contribution in [2.24, 2.45) is 0 Å². The van der Waals surface area contributed by atoms with Crippen molar-refractivity contribution in [2.45, 2.75) is 26.8 Å². The summed E-state index contributed by atoms with van der Waals surface area (Å²) in [5.41, 5.74) is 1.54. The number of benzene rings is 1. The highest BCUT2D eigenvalue weighted by Crippen LogP contribution is 2.12. The molecule has 0 heterocycles. The van der Waals surface area contributed by atoms with Crippen molar-refractivity contribution in [2.75, 3.05) is 12.4 Å². The number of carbonyl (C=O) groups is 3. The number of Topliss-reactive ketones (excluding diaryl/α,β-unsaturated/α-hetero) is 1. The molecule has 1 rings (SSSR count). The van der Waals surface area contributed by atoms with Gasteiger partial charge in [-0.3, -0.25) is 14.4 Å². The summed E-state index contributed by atoms with van der Waals surface area (Å²) < 4.78 is 0. The Morgan fingerprint density at radius 3 is 2.47 bits per heavy atom. The molecular formula is C14H18N2O3. The molecule has 5 heteroatoms. The molecule has 0 aromatic heterocycles. The molecule has 19 heavy (non-hydrogen) atoms. The van der Waals surface area contributed by atoms with Gasteiger partial charge < -0.3 is 10.2 Å². The molecule has 2 amide bonds. The molecule has 0 aliphatic heterocycles. The molecule has 5 nitrogen and oxygen atoms in total. The van der Waals surface area contributed by atoms with Crippen molar-refractivity contribution in [1.82, 2.24) is 4.90 Å². The molecule has 0 radical (unpaired) electrons. The van der Waals surface area contributed by atoms with Crippen LogP contribution >= 0.6 is 0 Å². The summed E-state index contributed by atoms with van der Waals surface area (Å²) in [4.78, 5) is 35.0. The van der Waals surface area contributed by atoms with E-state index in [2.05, 4.69) is 5.32 Å². The Labute approximate surface area is 112 Å². The molecule has 0 spiro atoms. The van der Waals surface area contributed by atoms with Gasteiger partial charge in [-0.05, 0) is 24.6 Å². The topological polar surface area (TPSA) is 66.5 Å². The van der Waals surface area contributed by atoms with E-state index in [1.54, 1.807) is 30.1 Å². The minimum Gasteiger partial charge on any atom is -0.342 e. The van der Waals surface area contributed by atoms with Crippen LogP contribution in [0.4, 0.5) is 5.69 Å². The van der Waals surface area contributed by atoms with Crippen LogP contribution in [0, 0.1) is 0 Å². The highest BCUT2D eigenvalue weighted by Gasteiger charge is 2.07. The molecule has 0 saturated heterocycles. The maximum atomic E-state index is 11.5. The summed E-state index contributed by atoms with van der Waals surface area (Å²) in [6.45, 7) is 3.35. The zero-order valence-corrected chi connectivity index (χ0v) is 11.4. The maximum absolute atomic E-state index is 11.5. The summed E-state index contributed by atoms with van der Waals surface area (Å²) in [5.74, 6) is -0.527. The monoisotopic (exact) mass is 262 g/mol. The number of hydrogen-bond acceptors (Lipinski definition) is 3. The zero-order chi connectivity index (χ0) is 14.4. The van der Waals surface area contributed by atoms with Crippen LogP contribution in [0.2, 0.25) is 0 Å². The van der Waals surface area contributed by atoms with E-state index in [0.29, 0.717) is 12.2 Å².